The second-order valence-corrected chi connectivity index (χ2v) is 6.25. The molecule has 7 nitrogen and oxygen atoms in total. The largest absolute Gasteiger partial charge is 0.379 e. The Kier molecular flexibility index (Phi) is 12.0. The zero-order chi connectivity index (χ0) is 19.5. The highest BCUT2D eigenvalue weighted by atomic mass is 127. The average molecular weight is 507 g/mol. The van der Waals surface area contributed by atoms with E-state index in [0.29, 0.717) is 38.8 Å². The van der Waals surface area contributed by atoms with E-state index in [1.54, 1.807) is 0 Å². The molecule has 1 saturated heterocycles. The summed E-state index contributed by atoms with van der Waals surface area (Å²) in [5.41, 5.74) is 1.03. The van der Waals surface area contributed by atoms with Crippen LogP contribution in [0.25, 0.3) is 0 Å². The summed E-state index contributed by atoms with van der Waals surface area (Å²) >= 11 is 0. The monoisotopic (exact) mass is 507 g/mol. The molecule has 0 aromatic heterocycles. The van der Waals surface area contributed by atoms with Gasteiger partial charge < -0.3 is 20.7 Å². The van der Waals surface area contributed by atoms with E-state index in [1.165, 1.54) is 12.1 Å². The molecule has 28 heavy (non-hydrogen) atoms. The summed E-state index contributed by atoms with van der Waals surface area (Å²) in [4.78, 5) is 18.3. The molecule has 0 radical (unpaired) electrons. The number of halogens is 2. The van der Waals surface area contributed by atoms with Gasteiger partial charge in [0, 0.05) is 32.7 Å². The van der Waals surface area contributed by atoms with E-state index in [4.69, 9.17) is 4.74 Å². The number of nitrogens with one attached hydrogen (secondary N) is 3. The normalized spacial score (nSPS) is 16.0. The summed E-state index contributed by atoms with van der Waals surface area (Å²) in [6.45, 7) is 8.79. The molecule has 1 fully saturated rings. The number of morpholine rings is 1. The van der Waals surface area contributed by atoms with Gasteiger partial charge in [0.25, 0.3) is 0 Å². The number of ether oxygens (including phenoxy) is 1. The van der Waals surface area contributed by atoms with Gasteiger partial charge in [-0.1, -0.05) is 12.1 Å². The number of hydrogen-bond acceptors (Lipinski definition) is 4. The van der Waals surface area contributed by atoms with Gasteiger partial charge in [0.15, 0.2) is 5.96 Å². The first-order valence-corrected chi connectivity index (χ1v) is 9.50. The first-order valence-electron chi connectivity index (χ1n) is 9.50. The Morgan fingerprint density at radius 1 is 1.14 bits per heavy atom. The van der Waals surface area contributed by atoms with Gasteiger partial charge in [-0.2, -0.15) is 0 Å². The van der Waals surface area contributed by atoms with E-state index >= 15 is 0 Å². The first kappa shape index (κ1) is 24.6. The van der Waals surface area contributed by atoms with Crippen LogP contribution in [0.15, 0.2) is 29.3 Å². The number of nitrogens with zero attached hydrogens (tertiary/aromatic N) is 2. The minimum absolute atomic E-state index is 0. The minimum atomic E-state index is -0.246. The van der Waals surface area contributed by atoms with E-state index in [-0.39, 0.29) is 48.3 Å². The molecule has 1 unspecified atom stereocenters. The number of carbonyl (C=O) groups is 1. The van der Waals surface area contributed by atoms with Crippen molar-refractivity contribution < 1.29 is 13.9 Å². The highest BCUT2D eigenvalue weighted by Gasteiger charge is 2.23. The van der Waals surface area contributed by atoms with Crippen molar-refractivity contribution in [2.24, 2.45) is 4.99 Å². The van der Waals surface area contributed by atoms with Crippen LogP contribution in [0.5, 0.6) is 0 Å². The van der Waals surface area contributed by atoms with E-state index in [2.05, 4.69) is 25.8 Å². The molecule has 1 aromatic carbocycles. The number of benzene rings is 1. The molecule has 2 rings (SSSR count). The van der Waals surface area contributed by atoms with Crippen LogP contribution in [-0.2, 0) is 9.53 Å². The number of hydrogen-bond donors (Lipinski definition) is 3. The molecule has 0 bridgehead atoms. The summed E-state index contributed by atoms with van der Waals surface area (Å²) in [7, 11) is 0. The SMILES string of the molecule is CCNC(=O)CN=C(NCC)NCC(c1ccc(F)cc1)N1CCOCC1.I. The number of amides is 1. The lowest BCUT2D eigenvalue weighted by atomic mass is 10.0. The van der Waals surface area contributed by atoms with Crippen LogP contribution < -0.4 is 16.0 Å². The van der Waals surface area contributed by atoms with Crippen molar-refractivity contribution in [2.45, 2.75) is 19.9 Å². The quantitative estimate of drug-likeness (QED) is 0.283. The molecule has 1 heterocycles. The molecule has 1 aliphatic rings. The Morgan fingerprint density at radius 3 is 2.39 bits per heavy atom. The minimum Gasteiger partial charge on any atom is -0.379 e. The van der Waals surface area contributed by atoms with Gasteiger partial charge in [-0.05, 0) is 31.5 Å². The maximum absolute atomic E-state index is 13.3. The highest BCUT2D eigenvalue weighted by molar-refractivity contribution is 14.0. The summed E-state index contributed by atoms with van der Waals surface area (Å²) in [5.74, 6) is 0.228. The number of aliphatic imine (C=N–C) groups is 1. The lowest BCUT2D eigenvalue weighted by molar-refractivity contribution is -0.119. The molecule has 1 atom stereocenters. The van der Waals surface area contributed by atoms with Crippen molar-refractivity contribution in [2.75, 3.05) is 52.5 Å². The topological polar surface area (TPSA) is 78.0 Å². The fourth-order valence-electron chi connectivity index (χ4n) is 2.97. The second-order valence-electron chi connectivity index (χ2n) is 6.25. The molecular weight excluding hydrogens is 476 g/mol. The van der Waals surface area contributed by atoms with Crippen LogP contribution in [0, 0.1) is 5.82 Å². The molecule has 158 valence electrons. The van der Waals surface area contributed by atoms with Gasteiger partial charge in [-0.15, -0.1) is 24.0 Å². The molecule has 9 heteroatoms. The molecule has 0 aliphatic carbocycles. The fraction of sp³-hybridized carbons (Fsp3) is 0.579. The Bertz CT molecular complexity index is 609. The zero-order valence-corrected chi connectivity index (χ0v) is 18.9. The van der Waals surface area contributed by atoms with Crippen molar-refractivity contribution in [1.82, 2.24) is 20.9 Å². The van der Waals surface area contributed by atoms with Crippen molar-refractivity contribution >= 4 is 35.8 Å². The number of guanidine groups is 1. The Labute approximate surface area is 183 Å². The lowest BCUT2D eigenvalue weighted by Crippen LogP contribution is -2.46. The van der Waals surface area contributed by atoms with Gasteiger partial charge in [-0.25, -0.2) is 9.38 Å². The standard InChI is InChI=1S/C19H30FN5O2.HI/c1-3-21-18(26)14-24-19(22-4-2)23-13-17(25-9-11-27-12-10-25)15-5-7-16(20)8-6-15;/h5-8,17H,3-4,9-14H2,1-2H3,(H,21,26)(H2,22,23,24);1H. The molecule has 0 spiro atoms. The third-order valence-electron chi connectivity index (χ3n) is 4.30. The van der Waals surface area contributed by atoms with Gasteiger partial charge in [-0.3, -0.25) is 9.69 Å². The molecule has 1 amide bonds. The first-order chi connectivity index (χ1) is 13.1. The van der Waals surface area contributed by atoms with Crippen molar-refractivity contribution in [3.8, 4) is 0 Å². The van der Waals surface area contributed by atoms with Crippen LogP contribution in [0.3, 0.4) is 0 Å². The Hall–Kier alpha value is -1.46. The van der Waals surface area contributed by atoms with Crippen LogP contribution in [0.2, 0.25) is 0 Å². The average Bonchev–Trinajstić information content (AvgIpc) is 2.68. The van der Waals surface area contributed by atoms with Crippen molar-refractivity contribution in [1.29, 1.82) is 0 Å². The van der Waals surface area contributed by atoms with Crippen LogP contribution in [-0.4, -0.2) is 69.2 Å². The third-order valence-corrected chi connectivity index (χ3v) is 4.30. The van der Waals surface area contributed by atoms with Crippen LogP contribution >= 0.6 is 24.0 Å². The number of likely N-dealkylation sites (N-methyl/N-ethyl adjacent to an activating group) is 1. The van der Waals surface area contributed by atoms with Gasteiger partial charge in [0.1, 0.15) is 12.4 Å². The molecule has 1 aliphatic heterocycles. The predicted octanol–water partition coefficient (Wildman–Crippen LogP) is 1.51. The fourth-order valence-corrected chi connectivity index (χ4v) is 2.97. The summed E-state index contributed by atoms with van der Waals surface area (Å²) in [5, 5.41) is 9.20. The highest BCUT2D eigenvalue weighted by Crippen LogP contribution is 2.21. The molecule has 0 saturated carbocycles. The van der Waals surface area contributed by atoms with Crippen molar-refractivity contribution in [3.63, 3.8) is 0 Å². The summed E-state index contributed by atoms with van der Waals surface area (Å²) < 4.78 is 18.8. The smallest absolute Gasteiger partial charge is 0.241 e. The van der Waals surface area contributed by atoms with Gasteiger partial charge in [0.05, 0.1) is 19.3 Å². The van der Waals surface area contributed by atoms with E-state index in [1.807, 2.05) is 26.0 Å². The molecule has 1 aromatic rings. The van der Waals surface area contributed by atoms with Crippen LogP contribution in [0.4, 0.5) is 4.39 Å². The number of rotatable bonds is 8. The van der Waals surface area contributed by atoms with E-state index < -0.39 is 0 Å². The number of carbonyl (C=O) groups excluding carboxylic acids is 1. The van der Waals surface area contributed by atoms with E-state index in [9.17, 15) is 9.18 Å². The maximum atomic E-state index is 13.3. The summed E-state index contributed by atoms with van der Waals surface area (Å²) in [6, 6.07) is 6.66. The summed E-state index contributed by atoms with van der Waals surface area (Å²) in [6.07, 6.45) is 0. The Morgan fingerprint density at radius 2 is 1.79 bits per heavy atom. The molecular formula is C19H31FIN5O2. The zero-order valence-electron chi connectivity index (χ0n) is 16.5. The third kappa shape index (κ3) is 8.27. The lowest BCUT2D eigenvalue weighted by Gasteiger charge is -2.35. The second kappa shape index (κ2) is 13.7. The van der Waals surface area contributed by atoms with Crippen LogP contribution in [0.1, 0.15) is 25.5 Å². The Balaban J connectivity index is 0.00000392. The van der Waals surface area contributed by atoms with Gasteiger partial charge >= 0.3 is 0 Å². The maximum Gasteiger partial charge on any atom is 0.241 e. The predicted molar refractivity (Wildman–Crippen MR) is 120 cm³/mol. The van der Waals surface area contributed by atoms with Gasteiger partial charge in [0.2, 0.25) is 5.91 Å². The molecule has 3 N–H and O–H groups in total. The van der Waals surface area contributed by atoms with Crippen molar-refractivity contribution in [3.05, 3.63) is 35.6 Å². The van der Waals surface area contributed by atoms with E-state index in [0.717, 1.165) is 18.7 Å².